The van der Waals surface area contributed by atoms with Gasteiger partial charge >= 0.3 is 0 Å². The molecule has 0 unspecified atom stereocenters. The Morgan fingerprint density at radius 2 is 2.27 bits per heavy atom. The van der Waals surface area contributed by atoms with Gasteiger partial charge in [0, 0.05) is 24.5 Å². The average Bonchev–Trinajstić information content (AvgIpc) is 3.43. The number of amides is 1. The largest absolute Gasteiger partial charge is 0.376 e. The standard InChI is InChI=1S/C23H24N4O2S/c1-14-6-4-8-20-21(14)25-23(30-20)26-22(28)18(12-24)11-17-10-15(2)27(16(17)3)13-19-7-5-9-29-19/h4,6,8,10-11,19H,5,7,9,13H2,1-3H3,(H,25,26,28)/b18-11+/t19-/m1/s1. The number of anilines is 1. The van der Waals surface area contributed by atoms with Crippen LogP contribution >= 0.6 is 11.3 Å². The molecule has 1 amide bonds. The number of aryl methyl sites for hydroxylation is 2. The van der Waals surface area contributed by atoms with E-state index in [1.54, 1.807) is 6.08 Å². The van der Waals surface area contributed by atoms with Crippen molar-refractivity contribution >= 4 is 38.7 Å². The lowest BCUT2D eigenvalue weighted by atomic mass is 10.1. The van der Waals surface area contributed by atoms with E-state index in [9.17, 15) is 10.1 Å². The van der Waals surface area contributed by atoms with Crippen LogP contribution in [0.4, 0.5) is 5.13 Å². The molecule has 1 aromatic carbocycles. The van der Waals surface area contributed by atoms with Crippen LogP contribution in [-0.2, 0) is 16.1 Å². The lowest BCUT2D eigenvalue weighted by molar-refractivity contribution is -0.112. The van der Waals surface area contributed by atoms with E-state index >= 15 is 0 Å². The third-order valence-corrected chi connectivity index (χ3v) is 6.47. The van der Waals surface area contributed by atoms with Gasteiger partial charge in [0.05, 0.1) is 16.3 Å². The Kier molecular flexibility index (Phi) is 5.71. The van der Waals surface area contributed by atoms with Crippen LogP contribution in [0.3, 0.4) is 0 Å². The molecule has 1 fully saturated rings. The lowest BCUT2D eigenvalue weighted by Crippen LogP contribution is -2.17. The highest BCUT2D eigenvalue weighted by Gasteiger charge is 2.19. The SMILES string of the molecule is Cc1cccc2sc(NC(=O)/C(C#N)=C/c3cc(C)n(C[C@H]4CCCO4)c3C)nc12. The van der Waals surface area contributed by atoms with Crippen LogP contribution in [0.5, 0.6) is 0 Å². The number of para-hydroxylation sites is 1. The highest BCUT2D eigenvalue weighted by Crippen LogP contribution is 2.28. The van der Waals surface area contributed by atoms with Gasteiger partial charge < -0.3 is 9.30 Å². The van der Waals surface area contributed by atoms with Crippen molar-refractivity contribution in [1.82, 2.24) is 9.55 Å². The monoisotopic (exact) mass is 420 g/mol. The summed E-state index contributed by atoms with van der Waals surface area (Å²) in [7, 11) is 0. The fraction of sp³-hybridized carbons (Fsp3) is 0.348. The third kappa shape index (κ3) is 4.02. The fourth-order valence-corrected chi connectivity index (χ4v) is 4.79. The second kappa shape index (κ2) is 8.42. The van der Waals surface area contributed by atoms with Crippen molar-refractivity contribution in [3.63, 3.8) is 0 Å². The van der Waals surface area contributed by atoms with Crippen LogP contribution in [0.1, 0.15) is 35.4 Å². The third-order valence-electron chi connectivity index (χ3n) is 5.53. The summed E-state index contributed by atoms with van der Waals surface area (Å²) in [6, 6.07) is 9.97. The van der Waals surface area contributed by atoms with E-state index in [2.05, 4.69) is 14.9 Å². The Bertz CT molecular complexity index is 1180. The van der Waals surface area contributed by atoms with Crippen LogP contribution in [0.15, 0.2) is 29.8 Å². The van der Waals surface area contributed by atoms with Crippen LogP contribution in [0, 0.1) is 32.1 Å². The molecule has 1 aliphatic rings. The summed E-state index contributed by atoms with van der Waals surface area (Å²) >= 11 is 1.40. The normalized spacial score (nSPS) is 16.7. The first-order valence-corrected chi connectivity index (χ1v) is 10.9. The Balaban J connectivity index is 1.56. The maximum Gasteiger partial charge on any atom is 0.268 e. The van der Waals surface area contributed by atoms with E-state index in [0.29, 0.717) is 5.13 Å². The number of thiazole rings is 1. The molecule has 3 aromatic rings. The molecule has 0 aliphatic carbocycles. The van der Waals surface area contributed by atoms with Crippen LogP contribution in [0.2, 0.25) is 0 Å². The molecule has 30 heavy (non-hydrogen) atoms. The number of nitriles is 1. The summed E-state index contributed by atoms with van der Waals surface area (Å²) in [5.41, 5.74) is 4.98. The number of hydrogen-bond acceptors (Lipinski definition) is 5. The summed E-state index contributed by atoms with van der Waals surface area (Å²) in [6.45, 7) is 7.65. The molecule has 0 saturated carbocycles. The Morgan fingerprint density at radius 1 is 1.43 bits per heavy atom. The van der Waals surface area contributed by atoms with Gasteiger partial charge in [0.2, 0.25) is 0 Å². The minimum atomic E-state index is -0.446. The van der Waals surface area contributed by atoms with E-state index < -0.39 is 5.91 Å². The van der Waals surface area contributed by atoms with Crippen molar-refractivity contribution in [1.29, 1.82) is 5.26 Å². The van der Waals surface area contributed by atoms with Crippen LogP contribution in [0.25, 0.3) is 16.3 Å². The first-order chi connectivity index (χ1) is 14.5. The summed E-state index contributed by atoms with van der Waals surface area (Å²) in [4.78, 5) is 17.2. The summed E-state index contributed by atoms with van der Waals surface area (Å²) in [5, 5.41) is 12.9. The molecule has 0 bridgehead atoms. The van der Waals surface area contributed by atoms with Crippen molar-refractivity contribution in [2.75, 3.05) is 11.9 Å². The number of benzene rings is 1. The smallest absolute Gasteiger partial charge is 0.268 e. The Hall–Kier alpha value is -2.95. The quantitative estimate of drug-likeness (QED) is 0.477. The van der Waals surface area contributed by atoms with Gasteiger partial charge in [-0.1, -0.05) is 23.5 Å². The van der Waals surface area contributed by atoms with Gasteiger partial charge in [0.1, 0.15) is 11.6 Å². The van der Waals surface area contributed by atoms with E-state index in [1.807, 2.05) is 51.1 Å². The maximum absolute atomic E-state index is 12.7. The van der Waals surface area contributed by atoms with E-state index in [1.165, 1.54) is 11.3 Å². The topological polar surface area (TPSA) is 79.9 Å². The van der Waals surface area contributed by atoms with Crippen molar-refractivity contribution in [3.05, 3.63) is 52.4 Å². The summed E-state index contributed by atoms with van der Waals surface area (Å²) < 4.78 is 8.96. The number of carbonyl (C=O) groups is 1. The molecule has 1 aliphatic heterocycles. The van der Waals surface area contributed by atoms with E-state index in [-0.39, 0.29) is 11.7 Å². The number of rotatable bonds is 5. The first kappa shape index (κ1) is 20.3. The average molecular weight is 421 g/mol. The molecule has 0 spiro atoms. The van der Waals surface area contributed by atoms with E-state index in [0.717, 1.165) is 58.7 Å². The van der Waals surface area contributed by atoms with Crippen molar-refractivity contribution < 1.29 is 9.53 Å². The molecule has 154 valence electrons. The Labute approximate surface area is 179 Å². The van der Waals surface area contributed by atoms with Gasteiger partial charge in [0.25, 0.3) is 5.91 Å². The van der Waals surface area contributed by atoms with Crippen LogP contribution < -0.4 is 5.32 Å². The number of hydrogen-bond donors (Lipinski definition) is 1. The number of nitrogens with zero attached hydrogens (tertiary/aromatic N) is 3. The zero-order chi connectivity index (χ0) is 21.3. The molecule has 1 N–H and O–H groups in total. The molecule has 1 saturated heterocycles. The molecule has 1 atom stereocenters. The molecule has 3 heterocycles. The van der Waals surface area contributed by atoms with Crippen molar-refractivity contribution in [2.45, 2.75) is 46.3 Å². The number of aromatic nitrogens is 2. The second-order valence-electron chi connectivity index (χ2n) is 7.64. The minimum Gasteiger partial charge on any atom is -0.376 e. The highest BCUT2D eigenvalue weighted by atomic mass is 32.1. The second-order valence-corrected chi connectivity index (χ2v) is 8.67. The van der Waals surface area contributed by atoms with E-state index in [4.69, 9.17) is 4.74 Å². The number of fused-ring (bicyclic) bond motifs is 1. The molecule has 2 aromatic heterocycles. The first-order valence-electron chi connectivity index (χ1n) is 10.0. The van der Waals surface area contributed by atoms with Gasteiger partial charge in [0.15, 0.2) is 5.13 Å². The van der Waals surface area contributed by atoms with Gasteiger partial charge in [-0.05, 0) is 62.9 Å². The molecule has 6 nitrogen and oxygen atoms in total. The number of ether oxygens (including phenoxy) is 1. The highest BCUT2D eigenvalue weighted by molar-refractivity contribution is 7.22. The zero-order valence-corrected chi connectivity index (χ0v) is 18.2. The molecule has 7 heteroatoms. The van der Waals surface area contributed by atoms with Gasteiger partial charge in [-0.3, -0.25) is 10.1 Å². The zero-order valence-electron chi connectivity index (χ0n) is 17.4. The number of carbonyl (C=O) groups excluding carboxylic acids is 1. The fourth-order valence-electron chi connectivity index (χ4n) is 3.85. The van der Waals surface area contributed by atoms with Crippen LogP contribution in [-0.4, -0.2) is 28.2 Å². The maximum atomic E-state index is 12.7. The Morgan fingerprint density at radius 3 is 2.97 bits per heavy atom. The summed E-state index contributed by atoms with van der Waals surface area (Å²) in [5.74, 6) is -0.446. The molecule has 0 radical (unpaired) electrons. The predicted octanol–water partition coefficient (Wildman–Crippen LogP) is 4.75. The summed E-state index contributed by atoms with van der Waals surface area (Å²) in [6.07, 6.45) is 4.05. The number of nitrogens with one attached hydrogen (secondary N) is 1. The molecular formula is C23H24N4O2S. The predicted molar refractivity (Wildman–Crippen MR) is 119 cm³/mol. The van der Waals surface area contributed by atoms with Crippen molar-refractivity contribution in [2.24, 2.45) is 0 Å². The lowest BCUT2D eigenvalue weighted by Gasteiger charge is -2.14. The molecule has 4 rings (SSSR count). The minimum absolute atomic E-state index is 0.0587. The van der Waals surface area contributed by atoms with Gasteiger partial charge in [-0.2, -0.15) is 5.26 Å². The molecular weight excluding hydrogens is 396 g/mol. The van der Waals surface area contributed by atoms with Gasteiger partial charge in [-0.15, -0.1) is 0 Å². The van der Waals surface area contributed by atoms with Crippen molar-refractivity contribution in [3.8, 4) is 6.07 Å². The van der Waals surface area contributed by atoms with Gasteiger partial charge in [-0.25, -0.2) is 4.98 Å².